The number of carbonyl (C=O) groups excluding carboxylic acids is 2. The molecule has 1 amide bonds. The number of benzene rings is 2. The highest BCUT2D eigenvalue weighted by Gasteiger charge is 2.28. The predicted octanol–water partition coefficient (Wildman–Crippen LogP) is -1.28. The highest BCUT2D eigenvalue weighted by Crippen LogP contribution is 2.24. The van der Waals surface area contributed by atoms with Crippen molar-refractivity contribution in [2.45, 2.75) is 25.3 Å². The third-order valence-electron chi connectivity index (χ3n) is 6.00. The molecule has 0 spiro atoms. The number of phenols is 1. The van der Waals surface area contributed by atoms with Crippen LogP contribution in [0.25, 0.3) is 0 Å². The molecule has 1 saturated heterocycles. The Kier molecular flexibility index (Phi) is 10.9. The smallest absolute Gasteiger partial charge is 0.475 e. The molecule has 11 nitrogen and oxygen atoms in total. The number of rotatable bonds is 9. The number of ether oxygens (including phenoxy) is 1. The number of carboxylic acid groups (broad SMARTS) is 2. The average Bonchev–Trinajstić information content (AvgIpc) is 2.81. The van der Waals surface area contributed by atoms with E-state index < -0.39 is 37.2 Å². The third-order valence-corrected chi connectivity index (χ3v) is 6.00. The molecule has 0 radical (unpaired) electrons. The molecule has 0 aliphatic carbocycles. The van der Waals surface area contributed by atoms with Crippen molar-refractivity contribution in [3.8, 4) is 5.75 Å². The van der Waals surface area contributed by atoms with E-state index in [2.05, 4.69) is 12.4 Å². The molecule has 0 aromatic heterocycles. The lowest BCUT2D eigenvalue weighted by atomic mass is 9.75. The van der Waals surface area contributed by atoms with E-state index in [1.165, 1.54) is 23.8 Å². The number of morpholine rings is 1. The molecule has 1 fully saturated rings. The van der Waals surface area contributed by atoms with Crippen LogP contribution in [0.2, 0.25) is 0 Å². The molecule has 1 aliphatic heterocycles. The van der Waals surface area contributed by atoms with Crippen molar-refractivity contribution in [2.24, 2.45) is 0 Å². The molecule has 1 unspecified atom stereocenters. The largest absolute Gasteiger partial charge is 0.554 e. The van der Waals surface area contributed by atoms with Crippen LogP contribution in [0, 0.1) is 0 Å². The molecule has 12 heteroatoms. The SMILES string of the molecule is C[N+]1(Cc2ccc(CC(=O)NC(Cc3cccc(C(=O)O)c3O)B(O)O)cc2)CCOCC1.O=C[O-]. The quantitative estimate of drug-likeness (QED) is 0.159. The van der Waals surface area contributed by atoms with Crippen LogP contribution in [0.15, 0.2) is 42.5 Å². The summed E-state index contributed by atoms with van der Waals surface area (Å²) in [4.78, 5) is 32.0. The molecule has 36 heavy (non-hydrogen) atoms. The number of para-hydroxylation sites is 1. The van der Waals surface area contributed by atoms with E-state index in [0.717, 1.165) is 42.9 Å². The fourth-order valence-electron chi connectivity index (χ4n) is 3.98. The maximum atomic E-state index is 12.5. The van der Waals surface area contributed by atoms with Crippen LogP contribution in [-0.4, -0.2) is 89.5 Å². The molecular formula is C24H31BN2O9. The molecule has 5 N–H and O–H groups in total. The van der Waals surface area contributed by atoms with Crippen molar-refractivity contribution < 1.29 is 49.0 Å². The summed E-state index contributed by atoms with van der Waals surface area (Å²) in [6.07, 6.45) is -0.0971. The van der Waals surface area contributed by atoms with Gasteiger partial charge in [0.1, 0.15) is 30.9 Å². The fourth-order valence-corrected chi connectivity index (χ4v) is 3.98. The number of hydrogen-bond acceptors (Lipinski definition) is 8. The van der Waals surface area contributed by atoms with Crippen LogP contribution in [0.1, 0.15) is 27.0 Å². The van der Waals surface area contributed by atoms with Gasteiger partial charge in [0.25, 0.3) is 0 Å². The summed E-state index contributed by atoms with van der Waals surface area (Å²) in [7, 11) is 0.316. The monoisotopic (exact) mass is 502 g/mol. The predicted molar refractivity (Wildman–Crippen MR) is 128 cm³/mol. The van der Waals surface area contributed by atoms with Gasteiger partial charge >= 0.3 is 13.1 Å². The van der Waals surface area contributed by atoms with E-state index in [4.69, 9.17) is 19.7 Å². The molecule has 194 valence electrons. The van der Waals surface area contributed by atoms with Gasteiger partial charge in [0.05, 0.1) is 32.6 Å². The molecule has 2 aromatic carbocycles. The van der Waals surface area contributed by atoms with Gasteiger partial charge in [-0.25, -0.2) is 4.79 Å². The maximum Gasteiger partial charge on any atom is 0.475 e. The summed E-state index contributed by atoms with van der Waals surface area (Å²) in [5, 5.41) is 49.5. The van der Waals surface area contributed by atoms with Gasteiger partial charge in [-0.3, -0.25) is 4.79 Å². The number of aromatic carboxylic acids is 1. The van der Waals surface area contributed by atoms with E-state index in [1.54, 1.807) is 0 Å². The first-order valence-corrected chi connectivity index (χ1v) is 11.3. The highest BCUT2D eigenvalue weighted by atomic mass is 16.5. The molecule has 3 rings (SSSR count). The minimum Gasteiger partial charge on any atom is -0.554 e. The number of carbonyl (C=O) groups is 3. The zero-order valence-corrected chi connectivity index (χ0v) is 20.0. The summed E-state index contributed by atoms with van der Waals surface area (Å²) in [5.41, 5.74) is 1.85. The van der Waals surface area contributed by atoms with E-state index in [9.17, 15) is 24.7 Å². The number of hydrogen-bond donors (Lipinski definition) is 5. The Bertz CT molecular complexity index is 1020. The number of nitrogens with zero attached hydrogens (tertiary/aromatic N) is 1. The van der Waals surface area contributed by atoms with Crippen LogP contribution in [0.5, 0.6) is 5.75 Å². The Morgan fingerprint density at radius 1 is 1.14 bits per heavy atom. The topological polar surface area (TPSA) is 176 Å². The number of likely N-dealkylation sites (N-methyl/N-ethyl adjacent to an activating group) is 1. The normalized spacial score (nSPS) is 15.1. The van der Waals surface area contributed by atoms with E-state index in [1.807, 2.05) is 24.3 Å². The van der Waals surface area contributed by atoms with E-state index >= 15 is 0 Å². The number of amides is 1. The molecular weight excluding hydrogens is 471 g/mol. The lowest BCUT2D eigenvalue weighted by Crippen LogP contribution is -2.51. The molecule has 0 saturated carbocycles. The third kappa shape index (κ3) is 8.65. The van der Waals surface area contributed by atoms with Crippen LogP contribution in [0.4, 0.5) is 0 Å². The summed E-state index contributed by atoms with van der Waals surface area (Å²) < 4.78 is 6.35. The first-order chi connectivity index (χ1) is 17.1. The lowest BCUT2D eigenvalue weighted by Gasteiger charge is -2.37. The maximum absolute atomic E-state index is 12.5. The summed E-state index contributed by atoms with van der Waals surface area (Å²) >= 11 is 0. The molecule has 1 heterocycles. The highest BCUT2D eigenvalue weighted by molar-refractivity contribution is 6.43. The van der Waals surface area contributed by atoms with E-state index in [0.29, 0.717) is 0 Å². The Labute approximate surface area is 209 Å². The Morgan fingerprint density at radius 2 is 1.72 bits per heavy atom. The van der Waals surface area contributed by atoms with Gasteiger partial charge in [0, 0.05) is 12.0 Å². The van der Waals surface area contributed by atoms with Crippen LogP contribution in [0.3, 0.4) is 0 Å². The summed E-state index contributed by atoms with van der Waals surface area (Å²) in [5.74, 6) is -3.29. The number of nitrogens with one attached hydrogen (secondary N) is 1. The second-order valence-corrected chi connectivity index (χ2v) is 8.84. The fraction of sp³-hybridized carbons (Fsp3) is 0.375. The van der Waals surface area contributed by atoms with Crippen LogP contribution in [-0.2, 0) is 33.7 Å². The number of aromatic hydroxyl groups is 1. The van der Waals surface area contributed by atoms with Gasteiger partial charge in [-0.15, -0.1) is 0 Å². The first kappa shape index (κ1) is 28.8. The van der Waals surface area contributed by atoms with Gasteiger partial charge in [0.2, 0.25) is 5.91 Å². The zero-order chi connectivity index (χ0) is 26.7. The number of carboxylic acids is 1. The molecule has 1 aliphatic rings. The average molecular weight is 502 g/mol. The standard InChI is InChI=1S/C23H29BN2O7.CH2O2/c1-26(9-11-33-12-10-26)15-17-7-5-16(6-8-17)13-21(27)25-20(24(31)32)14-18-3-2-4-19(22(18)28)23(29)30;2-1-3/h2-8,20,31-32H,9-15H2,1H3,(H2-,25,27,28,29,30);1H,(H,2,3). The first-order valence-electron chi connectivity index (χ1n) is 11.3. The van der Waals surface area contributed by atoms with Crippen molar-refractivity contribution in [1.82, 2.24) is 5.32 Å². The van der Waals surface area contributed by atoms with Crippen molar-refractivity contribution in [1.29, 1.82) is 0 Å². The van der Waals surface area contributed by atoms with Gasteiger partial charge in [-0.2, -0.15) is 0 Å². The Hall–Kier alpha value is -3.45. The van der Waals surface area contributed by atoms with Crippen molar-refractivity contribution in [2.75, 3.05) is 33.4 Å². The van der Waals surface area contributed by atoms with Crippen LogP contribution >= 0.6 is 0 Å². The minimum atomic E-state index is -1.89. The lowest BCUT2D eigenvalue weighted by molar-refractivity contribution is -0.929. The number of quaternary nitrogens is 1. The summed E-state index contributed by atoms with van der Waals surface area (Å²) in [6.45, 7) is 3.81. The molecule has 2 aromatic rings. The second-order valence-electron chi connectivity index (χ2n) is 8.84. The Balaban J connectivity index is 0.00000145. The molecule has 0 bridgehead atoms. The Morgan fingerprint density at radius 3 is 2.28 bits per heavy atom. The van der Waals surface area contributed by atoms with Gasteiger partial charge in [-0.1, -0.05) is 36.4 Å². The van der Waals surface area contributed by atoms with Crippen molar-refractivity contribution in [3.63, 3.8) is 0 Å². The minimum absolute atomic E-state index is 0.0462. The van der Waals surface area contributed by atoms with Gasteiger partial charge < -0.3 is 44.7 Å². The van der Waals surface area contributed by atoms with Crippen molar-refractivity contribution in [3.05, 3.63) is 64.7 Å². The van der Waals surface area contributed by atoms with E-state index in [-0.39, 0.29) is 24.0 Å². The van der Waals surface area contributed by atoms with Crippen molar-refractivity contribution >= 4 is 25.5 Å². The van der Waals surface area contributed by atoms with Gasteiger partial charge in [-0.05, 0) is 23.6 Å². The van der Waals surface area contributed by atoms with Crippen LogP contribution < -0.4 is 10.4 Å². The molecule has 1 atom stereocenters. The zero-order valence-electron chi connectivity index (χ0n) is 20.0. The summed E-state index contributed by atoms with van der Waals surface area (Å²) in [6, 6.07) is 11.9. The van der Waals surface area contributed by atoms with Gasteiger partial charge in [0.15, 0.2) is 0 Å². The second kappa shape index (κ2) is 13.6.